The monoisotopic (exact) mass is 252 g/mol. The van der Waals surface area contributed by atoms with E-state index < -0.39 is 12.0 Å². The van der Waals surface area contributed by atoms with Gasteiger partial charge in [0.1, 0.15) is 6.10 Å². The zero-order valence-corrected chi connectivity index (χ0v) is 10.1. The molecule has 0 spiro atoms. The van der Waals surface area contributed by atoms with Crippen molar-refractivity contribution in [3.05, 3.63) is 23.8 Å². The first-order chi connectivity index (χ1) is 8.58. The molecular formula is C12H16N2O4. The van der Waals surface area contributed by atoms with Crippen LogP contribution in [0, 0.1) is 0 Å². The molecule has 2 unspecified atom stereocenters. The summed E-state index contributed by atoms with van der Waals surface area (Å²) in [5, 5.41) is 12.3. The second-order valence-corrected chi connectivity index (χ2v) is 4.16. The van der Waals surface area contributed by atoms with Crippen LogP contribution in [0.25, 0.3) is 0 Å². The summed E-state index contributed by atoms with van der Waals surface area (Å²) >= 11 is 0. The van der Waals surface area contributed by atoms with Gasteiger partial charge >= 0.3 is 0 Å². The molecule has 2 atom stereocenters. The van der Waals surface area contributed by atoms with E-state index in [1.165, 1.54) is 0 Å². The lowest BCUT2D eigenvalue weighted by Gasteiger charge is -2.16. The first-order valence-corrected chi connectivity index (χ1v) is 5.68. The van der Waals surface area contributed by atoms with E-state index in [1.54, 1.807) is 0 Å². The van der Waals surface area contributed by atoms with Gasteiger partial charge in [0, 0.05) is 12.6 Å². The number of ether oxygens (including phenoxy) is 2. The number of carbonyl (C=O) groups excluding carboxylic acids is 1. The molecular weight excluding hydrogens is 236 g/mol. The Bertz CT molecular complexity index is 450. The highest BCUT2D eigenvalue weighted by Gasteiger charge is 2.17. The Morgan fingerprint density at radius 1 is 1.50 bits per heavy atom. The van der Waals surface area contributed by atoms with Crippen LogP contribution in [0.15, 0.2) is 18.2 Å². The highest BCUT2D eigenvalue weighted by molar-refractivity contribution is 5.78. The summed E-state index contributed by atoms with van der Waals surface area (Å²) in [6.07, 6.45) is -1.18. The molecule has 98 valence electrons. The zero-order chi connectivity index (χ0) is 13.1. The second-order valence-electron chi connectivity index (χ2n) is 4.16. The number of fused-ring (bicyclic) bond motifs is 1. The minimum absolute atomic E-state index is 0.0338. The van der Waals surface area contributed by atoms with Gasteiger partial charge in [0.2, 0.25) is 12.7 Å². The van der Waals surface area contributed by atoms with Gasteiger partial charge in [-0.2, -0.15) is 0 Å². The maximum Gasteiger partial charge on any atom is 0.247 e. The number of carbonyl (C=O) groups is 1. The molecule has 0 radical (unpaired) electrons. The Labute approximate surface area is 105 Å². The number of aliphatic hydroxyl groups is 1. The summed E-state index contributed by atoms with van der Waals surface area (Å²) in [5.41, 5.74) is 5.95. The maximum absolute atomic E-state index is 10.7. The lowest BCUT2D eigenvalue weighted by Crippen LogP contribution is -2.38. The van der Waals surface area contributed by atoms with E-state index in [2.05, 4.69) is 5.32 Å². The Hall–Kier alpha value is -1.79. The van der Waals surface area contributed by atoms with Gasteiger partial charge in [0.05, 0.1) is 0 Å². The van der Waals surface area contributed by atoms with Gasteiger partial charge in [-0.25, -0.2) is 0 Å². The summed E-state index contributed by atoms with van der Waals surface area (Å²) in [6.45, 7) is 2.27. The average molecular weight is 252 g/mol. The Kier molecular flexibility index (Phi) is 3.69. The van der Waals surface area contributed by atoms with E-state index in [0.717, 1.165) is 11.3 Å². The first-order valence-electron chi connectivity index (χ1n) is 5.68. The lowest BCUT2D eigenvalue weighted by atomic mass is 10.1. The third kappa shape index (κ3) is 2.72. The van der Waals surface area contributed by atoms with Gasteiger partial charge in [-0.3, -0.25) is 4.79 Å². The van der Waals surface area contributed by atoms with Crippen molar-refractivity contribution in [2.24, 2.45) is 5.73 Å². The smallest absolute Gasteiger partial charge is 0.247 e. The van der Waals surface area contributed by atoms with E-state index in [4.69, 9.17) is 15.2 Å². The van der Waals surface area contributed by atoms with E-state index in [-0.39, 0.29) is 19.4 Å². The number of rotatable bonds is 5. The number of aliphatic hydroxyl groups excluding tert-OH is 1. The van der Waals surface area contributed by atoms with Crippen LogP contribution in [0.1, 0.15) is 18.5 Å². The number of nitrogens with one attached hydrogen (secondary N) is 1. The molecule has 6 heteroatoms. The molecule has 1 aliphatic rings. The molecule has 0 bridgehead atoms. The predicted molar refractivity (Wildman–Crippen MR) is 64.2 cm³/mol. The quantitative estimate of drug-likeness (QED) is 0.681. The first kappa shape index (κ1) is 12.7. The highest BCUT2D eigenvalue weighted by Crippen LogP contribution is 2.34. The van der Waals surface area contributed by atoms with Crippen LogP contribution in [0.2, 0.25) is 0 Å². The number of hydrogen-bond acceptors (Lipinski definition) is 5. The molecule has 0 fully saturated rings. The van der Waals surface area contributed by atoms with E-state index >= 15 is 0 Å². The standard InChI is InChI=1S/C12H16N2O4/c1-7(14-5-9(15)12(13)16)8-2-3-10-11(4-8)18-6-17-10/h2-4,7,9,14-15H,5-6H2,1H3,(H2,13,16). The largest absolute Gasteiger partial charge is 0.454 e. The number of hydrogen-bond donors (Lipinski definition) is 3. The normalized spacial score (nSPS) is 16.3. The van der Waals surface area contributed by atoms with E-state index in [1.807, 2.05) is 25.1 Å². The summed E-state index contributed by atoms with van der Waals surface area (Å²) < 4.78 is 10.5. The second kappa shape index (κ2) is 5.24. The van der Waals surface area contributed by atoms with Crippen molar-refractivity contribution in [2.75, 3.05) is 13.3 Å². The zero-order valence-electron chi connectivity index (χ0n) is 10.1. The minimum Gasteiger partial charge on any atom is -0.454 e. The minimum atomic E-state index is -1.18. The number of amides is 1. The average Bonchev–Trinajstić information content (AvgIpc) is 2.82. The van der Waals surface area contributed by atoms with Gasteiger partial charge in [-0.15, -0.1) is 0 Å². The Morgan fingerprint density at radius 3 is 2.94 bits per heavy atom. The third-order valence-electron chi connectivity index (χ3n) is 2.84. The van der Waals surface area contributed by atoms with Gasteiger partial charge < -0.3 is 25.6 Å². The molecule has 0 saturated heterocycles. The number of nitrogens with two attached hydrogens (primary N) is 1. The Balaban J connectivity index is 1.97. The van der Waals surface area contributed by atoms with Gasteiger partial charge in [-0.05, 0) is 24.6 Å². The SMILES string of the molecule is CC(NCC(O)C(N)=O)c1ccc2c(c1)OCO2. The fourth-order valence-electron chi connectivity index (χ4n) is 1.69. The maximum atomic E-state index is 10.7. The van der Waals surface area contributed by atoms with Crippen LogP contribution >= 0.6 is 0 Å². The number of benzene rings is 1. The van der Waals surface area contributed by atoms with Crippen molar-refractivity contribution in [1.29, 1.82) is 0 Å². The fourth-order valence-corrected chi connectivity index (χ4v) is 1.69. The van der Waals surface area contributed by atoms with Crippen molar-refractivity contribution >= 4 is 5.91 Å². The fraction of sp³-hybridized carbons (Fsp3) is 0.417. The molecule has 18 heavy (non-hydrogen) atoms. The third-order valence-corrected chi connectivity index (χ3v) is 2.84. The van der Waals surface area contributed by atoms with Crippen LogP contribution in [-0.4, -0.2) is 30.5 Å². The van der Waals surface area contributed by atoms with Crippen LogP contribution in [0.4, 0.5) is 0 Å². The van der Waals surface area contributed by atoms with Crippen molar-refractivity contribution in [3.8, 4) is 11.5 Å². The Morgan fingerprint density at radius 2 is 2.22 bits per heavy atom. The molecule has 1 aliphatic heterocycles. The summed E-state index contributed by atoms with van der Waals surface area (Å²) in [6, 6.07) is 5.58. The van der Waals surface area contributed by atoms with E-state index in [9.17, 15) is 9.90 Å². The molecule has 6 nitrogen and oxygen atoms in total. The molecule has 4 N–H and O–H groups in total. The molecule has 1 amide bonds. The lowest BCUT2D eigenvalue weighted by molar-refractivity contribution is -0.125. The predicted octanol–water partition coefficient (Wildman–Crippen LogP) is -0.0879. The highest BCUT2D eigenvalue weighted by atomic mass is 16.7. The van der Waals surface area contributed by atoms with Crippen molar-refractivity contribution < 1.29 is 19.4 Å². The molecule has 0 saturated carbocycles. The van der Waals surface area contributed by atoms with Gasteiger partial charge in [0.15, 0.2) is 11.5 Å². The van der Waals surface area contributed by atoms with Crippen LogP contribution in [0.5, 0.6) is 11.5 Å². The summed E-state index contributed by atoms with van der Waals surface area (Å²) in [5.74, 6) is 0.695. The molecule has 2 rings (SSSR count). The van der Waals surface area contributed by atoms with Gasteiger partial charge in [-0.1, -0.05) is 6.07 Å². The summed E-state index contributed by atoms with van der Waals surface area (Å²) in [7, 11) is 0. The van der Waals surface area contributed by atoms with Crippen molar-refractivity contribution in [2.45, 2.75) is 19.1 Å². The van der Waals surface area contributed by atoms with E-state index in [0.29, 0.717) is 5.75 Å². The topological polar surface area (TPSA) is 93.8 Å². The molecule has 1 aromatic carbocycles. The van der Waals surface area contributed by atoms with Crippen molar-refractivity contribution in [1.82, 2.24) is 5.32 Å². The molecule has 0 aliphatic carbocycles. The van der Waals surface area contributed by atoms with Crippen molar-refractivity contribution in [3.63, 3.8) is 0 Å². The van der Waals surface area contributed by atoms with Crippen LogP contribution in [0.3, 0.4) is 0 Å². The van der Waals surface area contributed by atoms with Crippen LogP contribution in [-0.2, 0) is 4.79 Å². The van der Waals surface area contributed by atoms with Gasteiger partial charge in [0.25, 0.3) is 0 Å². The summed E-state index contributed by atoms with van der Waals surface area (Å²) in [4.78, 5) is 10.7. The van der Waals surface area contributed by atoms with Crippen LogP contribution < -0.4 is 20.5 Å². The molecule has 1 aromatic rings. The molecule has 0 aromatic heterocycles. The number of primary amides is 1. The molecule has 1 heterocycles.